The lowest BCUT2D eigenvalue weighted by Gasteiger charge is -2.15. The molecule has 0 spiro atoms. The summed E-state index contributed by atoms with van der Waals surface area (Å²) < 4.78 is 5.33. The van der Waals surface area contributed by atoms with Crippen LogP contribution in [0, 0.1) is 0 Å². The SMILES string of the molecule is COc1ccc(Cl)cc1-c1nc(SCC(=O)NC(C)c2ccccc2Cl)n[nH]1. The molecule has 2 N–H and O–H groups in total. The maximum Gasteiger partial charge on any atom is 0.230 e. The van der Waals surface area contributed by atoms with E-state index in [1.54, 1.807) is 31.4 Å². The van der Waals surface area contributed by atoms with E-state index in [9.17, 15) is 4.79 Å². The van der Waals surface area contributed by atoms with Crippen LogP contribution >= 0.6 is 35.0 Å². The lowest BCUT2D eigenvalue weighted by atomic mass is 10.1. The summed E-state index contributed by atoms with van der Waals surface area (Å²) in [7, 11) is 1.57. The van der Waals surface area contributed by atoms with Gasteiger partial charge in [-0.05, 0) is 36.8 Å². The van der Waals surface area contributed by atoms with Gasteiger partial charge in [0.15, 0.2) is 5.82 Å². The summed E-state index contributed by atoms with van der Waals surface area (Å²) in [5, 5.41) is 11.6. The highest BCUT2D eigenvalue weighted by atomic mass is 35.5. The van der Waals surface area contributed by atoms with Crippen LogP contribution in [0.1, 0.15) is 18.5 Å². The summed E-state index contributed by atoms with van der Waals surface area (Å²) >= 11 is 13.5. The average molecular weight is 437 g/mol. The first-order chi connectivity index (χ1) is 13.5. The molecule has 1 amide bonds. The molecular weight excluding hydrogens is 419 g/mol. The largest absolute Gasteiger partial charge is 0.496 e. The number of carbonyl (C=O) groups is 1. The normalized spacial score (nSPS) is 11.9. The molecular formula is C19H18Cl2N4O2S. The molecule has 0 bridgehead atoms. The minimum absolute atomic E-state index is 0.135. The van der Waals surface area contributed by atoms with Gasteiger partial charge in [-0.15, -0.1) is 5.10 Å². The van der Waals surface area contributed by atoms with Gasteiger partial charge < -0.3 is 10.1 Å². The molecule has 0 aliphatic rings. The van der Waals surface area contributed by atoms with Gasteiger partial charge in [-0.2, -0.15) is 0 Å². The second kappa shape index (κ2) is 9.32. The van der Waals surface area contributed by atoms with Crippen molar-refractivity contribution in [2.75, 3.05) is 12.9 Å². The first-order valence-corrected chi connectivity index (χ1v) is 10.1. The molecule has 0 fully saturated rings. The molecule has 1 heterocycles. The number of hydrogen-bond donors (Lipinski definition) is 2. The summed E-state index contributed by atoms with van der Waals surface area (Å²) in [6.07, 6.45) is 0. The molecule has 0 aliphatic carbocycles. The number of ether oxygens (including phenoxy) is 1. The van der Waals surface area contributed by atoms with Gasteiger partial charge in [-0.1, -0.05) is 53.2 Å². The van der Waals surface area contributed by atoms with Crippen molar-refractivity contribution in [3.8, 4) is 17.1 Å². The standard InChI is InChI=1S/C19H18Cl2N4O2S/c1-11(13-5-3-4-6-15(13)21)22-17(26)10-28-19-23-18(24-25-19)14-9-12(20)7-8-16(14)27-2/h3-9,11H,10H2,1-2H3,(H,22,26)(H,23,24,25). The van der Waals surface area contributed by atoms with Crippen molar-refractivity contribution in [2.24, 2.45) is 0 Å². The zero-order valence-corrected chi connectivity index (χ0v) is 17.5. The molecule has 3 aromatic rings. The van der Waals surface area contributed by atoms with Gasteiger partial charge >= 0.3 is 0 Å². The van der Waals surface area contributed by atoms with Crippen LogP contribution in [0.5, 0.6) is 5.75 Å². The molecule has 0 saturated heterocycles. The van der Waals surface area contributed by atoms with Crippen molar-refractivity contribution in [2.45, 2.75) is 18.1 Å². The van der Waals surface area contributed by atoms with Gasteiger partial charge in [-0.25, -0.2) is 4.98 Å². The van der Waals surface area contributed by atoms with Gasteiger partial charge in [0, 0.05) is 10.0 Å². The summed E-state index contributed by atoms with van der Waals surface area (Å²) in [6, 6.07) is 12.5. The number of nitrogens with zero attached hydrogens (tertiary/aromatic N) is 2. The Labute approximate surface area is 177 Å². The number of nitrogens with one attached hydrogen (secondary N) is 2. The van der Waals surface area contributed by atoms with E-state index in [4.69, 9.17) is 27.9 Å². The number of amides is 1. The van der Waals surface area contributed by atoms with Crippen LogP contribution in [0.3, 0.4) is 0 Å². The Morgan fingerprint density at radius 2 is 2.07 bits per heavy atom. The van der Waals surface area contributed by atoms with E-state index in [1.807, 2.05) is 25.1 Å². The van der Waals surface area contributed by atoms with E-state index in [1.165, 1.54) is 11.8 Å². The average Bonchev–Trinajstić information content (AvgIpc) is 3.15. The topological polar surface area (TPSA) is 79.9 Å². The number of aromatic amines is 1. The first-order valence-electron chi connectivity index (χ1n) is 8.41. The molecule has 9 heteroatoms. The predicted molar refractivity (Wildman–Crippen MR) is 112 cm³/mol. The monoisotopic (exact) mass is 436 g/mol. The maximum absolute atomic E-state index is 12.3. The van der Waals surface area contributed by atoms with Gasteiger partial charge in [0.05, 0.1) is 24.5 Å². The Kier molecular flexibility index (Phi) is 6.83. The molecule has 0 radical (unpaired) electrons. The number of halogens is 2. The van der Waals surface area contributed by atoms with E-state index < -0.39 is 0 Å². The second-order valence-corrected chi connectivity index (χ2v) is 7.70. The van der Waals surface area contributed by atoms with Gasteiger partial charge in [0.2, 0.25) is 11.1 Å². The summed E-state index contributed by atoms with van der Waals surface area (Å²) in [5.41, 5.74) is 1.57. The first kappa shape index (κ1) is 20.5. The molecule has 28 heavy (non-hydrogen) atoms. The maximum atomic E-state index is 12.3. The summed E-state index contributed by atoms with van der Waals surface area (Å²) in [5.74, 6) is 1.19. The van der Waals surface area contributed by atoms with Crippen LogP contribution < -0.4 is 10.1 Å². The number of aromatic nitrogens is 3. The van der Waals surface area contributed by atoms with Crippen LogP contribution in [-0.2, 0) is 4.79 Å². The fourth-order valence-electron chi connectivity index (χ4n) is 2.61. The van der Waals surface area contributed by atoms with Gasteiger partial charge in [0.1, 0.15) is 5.75 Å². The highest BCUT2D eigenvalue weighted by Crippen LogP contribution is 2.31. The van der Waals surface area contributed by atoms with E-state index in [2.05, 4.69) is 20.5 Å². The second-order valence-electron chi connectivity index (χ2n) is 5.91. The molecule has 0 aliphatic heterocycles. The zero-order valence-electron chi connectivity index (χ0n) is 15.2. The number of rotatable bonds is 7. The number of H-pyrrole nitrogens is 1. The minimum atomic E-state index is -0.194. The van der Waals surface area contributed by atoms with Crippen LogP contribution in [-0.4, -0.2) is 34.0 Å². The molecule has 0 saturated carbocycles. The third kappa shape index (κ3) is 4.98. The Morgan fingerprint density at radius 3 is 2.82 bits per heavy atom. The Balaban J connectivity index is 1.61. The molecule has 1 atom stereocenters. The highest BCUT2D eigenvalue weighted by molar-refractivity contribution is 7.99. The smallest absolute Gasteiger partial charge is 0.230 e. The lowest BCUT2D eigenvalue weighted by molar-refractivity contribution is -0.119. The predicted octanol–water partition coefficient (Wildman–Crippen LogP) is 4.76. The number of methoxy groups -OCH3 is 1. The lowest BCUT2D eigenvalue weighted by Crippen LogP contribution is -2.28. The van der Waals surface area contributed by atoms with Crippen LogP contribution in [0.25, 0.3) is 11.4 Å². The molecule has 1 aromatic heterocycles. The highest BCUT2D eigenvalue weighted by Gasteiger charge is 2.15. The third-order valence-corrected chi connectivity index (χ3v) is 5.39. The van der Waals surface area contributed by atoms with Crippen molar-refractivity contribution in [3.63, 3.8) is 0 Å². The summed E-state index contributed by atoms with van der Waals surface area (Å²) in [4.78, 5) is 16.7. The van der Waals surface area contributed by atoms with Crippen molar-refractivity contribution >= 4 is 40.9 Å². The van der Waals surface area contributed by atoms with Crippen molar-refractivity contribution in [1.29, 1.82) is 0 Å². The molecule has 1 unspecified atom stereocenters. The zero-order chi connectivity index (χ0) is 20.1. The number of benzene rings is 2. The molecule has 3 rings (SSSR count). The molecule has 6 nitrogen and oxygen atoms in total. The Bertz CT molecular complexity index is 980. The summed E-state index contributed by atoms with van der Waals surface area (Å²) in [6.45, 7) is 1.89. The number of carbonyl (C=O) groups excluding carboxylic acids is 1. The van der Waals surface area contributed by atoms with E-state index in [0.717, 1.165) is 5.56 Å². The van der Waals surface area contributed by atoms with Gasteiger partial charge in [0.25, 0.3) is 0 Å². The Morgan fingerprint density at radius 1 is 1.29 bits per heavy atom. The molecule has 2 aromatic carbocycles. The minimum Gasteiger partial charge on any atom is -0.496 e. The van der Waals surface area contributed by atoms with Crippen molar-refractivity contribution < 1.29 is 9.53 Å². The van der Waals surface area contributed by atoms with Crippen LogP contribution in [0.15, 0.2) is 47.6 Å². The third-order valence-electron chi connectivity index (χ3n) is 3.96. The fraction of sp³-hybridized carbons (Fsp3) is 0.211. The molecule has 146 valence electrons. The van der Waals surface area contributed by atoms with E-state index in [0.29, 0.717) is 32.3 Å². The van der Waals surface area contributed by atoms with Crippen molar-refractivity contribution in [1.82, 2.24) is 20.5 Å². The number of hydrogen-bond acceptors (Lipinski definition) is 5. The van der Waals surface area contributed by atoms with Crippen molar-refractivity contribution in [3.05, 3.63) is 58.1 Å². The number of thioether (sulfide) groups is 1. The quantitative estimate of drug-likeness (QED) is 0.522. The fourth-order valence-corrected chi connectivity index (χ4v) is 3.69. The van der Waals surface area contributed by atoms with Crippen LogP contribution in [0.4, 0.5) is 0 Å². The Hall–Kier alpha value is -2.22. The van der Waals surface area contributed by atoms with E-state index in [-0.39, 0.29) is 17.7 Å². The van der Waals surface area contributed by atoms with Crippen LogP contribution in [0.2, 0.25) is 10.0 Å². The van der Waals surface area contributed by atoms with Gasteiger partial charge in [-0.3, -0.25) is 9.89 Å². The van der Waals surface area contributed by atoms with E-state index >= 15 is 0 Å².